The van der Waals surface area contributed by atoms with Gasteiger partial charge in [0.1, 0.15) is 48.6 Å². The van der Waals surface area contributed by atoms with E-state index in [1.54, 1.807) is 70.4 Å². The Balaban J connectivity index is 0.844. The number of hydrogen-bond acceptors (Lipinski definition) is 19. The number of nitrogens with two attached hydrogens (primary N) is 1. The fourth-order valence-electron chi connectivity index (χ4n) is 10.5. The molecule has 30 heteroatoms. The number of aliphatic hydroxyl groups excluding tert-OH is 1. The third-order valence-corrected chi connectivity index (χ3v) is 16.4. The number of imide groups is 1. The number of aliphatic hydroxyl groups is 1. The molecule has 4 heterocycles. The maximum atomic E-state index is 14.6. The van der Waals surface area contributed by atoms with E-state index in [1.165, 1.54) is 52.9 Å². The quantitative estimate of drug-likeness (QED) is 0.0207. The monoisotopic (exact) mass is 1320 g/mol. The molecule has 0 aliphatic carbocycles. The molecule has 0 radical (unpaired) electrons. The second-order valence-electron chi connectivity index (χ2n) is 22.0. The van der Waals surface area contributed by atoms with Crippen LogP contribution in [0.25, 0.3) is 16.4 Å². The Bertz CT molecular complexity index is 3740. The van der Waals surface area contributed by atoms with Crippen molar-refractivity contribution in [2.24, 2.45) is 5.73 Å². The smallest absolute Gasteiger partial charge is 0.415 e. The number of pyridine rings is 1. The predicted molar refractivity (Wildman–Crippen MR) is 346 cm³/mol. The van der Waals surface area contributed by atoms with Crippen LogP contribution in [0.3, 0.4) is 0 Å². The lowest BCUT2D eigenvalue weighted by molar-refractivity contribution is -0.139. The van der Waals surface area contributed by atoms with Crippen molar-refractivity contribution in [3.63, 3.8) is 0 Å². The molecule has 6 aromatic rings. The first-order valence-corrected chi connectivity index (χ1v) is 31.6. The number of aromatic hydroxyl groups is 1. The molecule has 2 aromatic heterocycles. The number of anilines is 3. The number of carbonyl (C=O) groups excluding carboxylic acids is 10. The SMILES string of the molecule is CC[C@@H]1CN(C(=O)c2cn3cc(NC(=O)c4ccc(O)cc4)ccc3n2)c2cc(OC(=O)N(CCOCCO)CCN(C)C(=O)OCc3ccc(NC(=O)[C@H](CCCNC(N)=O)NC(=O)CNC(=O)OCCOCCN4C(=O)CC(SC)C4=O)cc3)c3cccc(C)c3c21. The molecule has 8 rings (SSSR count). The average Bonchev–Trinajstić information content (AvgIpc) is 1.52. The van der Waals surface area contributed by atoms with Crippen LogP contribution in [0.2, 0.25) is 0 Å². The van der Waals surface area contributed by atoms with Gasteiger partial charge in [0.15, 0.2) is 0 Å². The number of primary amides is 1. The highest BCUT2D eigenvalue weighted by Gasteiger charge is 2.39. The first-order valence-electron chi connectivity index (χ1n) is 30.3. The van der Waals surface area contributed by atoms with Crippen molar-refractivity contribution < 1.29 is 81.8 Å². The maximum Gasteiger partial charge on any atom is 0.415 e. The fourth-order valence-corrected chi connectivity index (χ4v) is 11.1. The highest BCUT2D eigenvalue weighted by atomic mass is 32.2. The number of phenolic OH excluding ortho intramolecular Hbond substituents is 1. The second kappa shape index (κ2) is 33.5. The zero-order valence-electron chi connectivity index (χ0n) is 52.4. The predicted octanol–water partition coefficient (Wildman–Crippen LogP) is 5.09. The molecule has 0 spiro atoms. The molecule has 2 aliphatic rings. The van der Waals surface area contributed by atoms with Gasteiger partial charge in [0.05, 0.1) is 56.2 Å². The minimum atomic E-state index is -1.13. The summed E-state index contributed by atoms with van der Waals surface area (Å²) in [5.74, 6) is -2.57. The van der Waals surface area contributed by atoms with Crippen LogP contribution < -0.4 is 42.0 Å². The van der Waals surface area contributed by atoms with Crippen LogP contribution >= 0.6 is 11.8 Å². The van der Waals surface area contributed by atoms with Gasteiger partial charge >= 0.3 is 24.3 Å². The van der Waals surface area contributed by atoms with Gasteiger partial charge in [-0.25, -0.2) is 24.2 Å². The number of imidazole rings is 1. The number of rotatable bonds is 31. The summed E-state index contributed by atoms with van der Waals surface area (Å²) in [6.07, 6.45) is 3.65. The number of hydrogen-bond donors (Lipinski definition) is 8. The number of nitrogens with zero attached hydrogens (tertiary/aromatic N) is 6. The van der Waals surface area contributed by atoms with Crippen molar-refractivity contribution in [1.29, 1.82) is 0 Å². The summed E-state index contributed by atoms with van der Waals surface area (Å²) in [7, 11) is 1.49. The molecule has 4 aromatic carbocycles. The number of nitrogens with one attached hydrogen (secondary N) is 5. The van der Waals surface area contributed by atoms with Crippen LogP contribution in [-0.4, -0.2) is 204 Å². The van der Waals surface area contributed by atoms with E-state index >= 15 is 0 Å². The maximum absolute atomic E-state index is 14.6. The molecule has 0 bridgehead atoms. The Morgan fingerprint density at radius 2 is 1.60 bits per heavy atom. The molecule has 11 amide bonds. The number of carbonyl (C=O) groups is 10. The van der Waals surface area contributed by atoms with Gasteiger partial charge in [-0.15, -0.1) is 0 Å². The number of benzene rings is 4. The first kappa shape index (κ1) is 69.8. The summed E-state index contributed by atoms with van der Waals surface area (Å²) < 4.78 is 29.5. The Morgan fingerprint density at radius 1 is 0.840 bits per heavy atom. The number of aromatic nitrogens is 2. The van der Waals surface area contributed by atoms with Crippen LogP contribution in [0.15, 0.2) is 97.3 Å². The van der Waals surface area contributed by atoms with Gasteiger partial charge in [0.25, 0.3) is 11.8 Å². The van der Waals surface area contributed by atoms with Crippen LogP contribution in [0.4, 0.5) is 36.2 Å². The molecule has 1 unspecified atom stereocenters. The Hall–Kier alpha value is -10.0. The number of phenols is 1. The van der Waals surface area contributed by atoms with Gasteiger partial charge in [-0.3, -0.25) is 33.7 Å². The van der Waals surface area contributed by atoms with Gasteiger partial charge in [-0.2, -0.15) is 11.8 Å². The summed E-state index contributed by atoms with van der Waals surface area (Å²) in [5.41, 5.74) is 9.79. The van der Waals surface area contributed by atoms with Gasteiger partial charge in [-0.1, -0.05) is 37.3 Å². The second-order valence-corrected chi connectivity index (χ2v) is 23.0. The highest BCUT2D eigenvalue weighted by molar-refractivity contribution is 8.00. The molecule has 0 saturated carbocycles. The first-order chi connectivity index (χ1) is 45.2. The fraction of sp³-hybridized carbons (Fsp3) is 0.391. The van der Waals surface area contributed by atoms with Crippen molar-refractivity contribution in [1.82, 2.24) is 40.0 Å². The normalized spacial score (nSPS) is 14.5. The Morgan fingerprint density at radius 3 is 2.32 bits per heavy atom. The van der Waals surface area contributed by atoms with Crippen LogP contribution in [-0.2, 0) is 44.7 Å². The summed E-state index contributed by atoms with van der Waals surface area (Å²) >= 11 is 1.30. The van der Waals surface area contributed by atoms with E-state index in [0.29, 0.717) is 52.2 Å². The average molecular weight is 1320 g/mol. The molecule has 94 heavy (non-hydrogen) atoms. The number of aryl methyl sites for hydroxylation is 1. The Kier molecular flexibility index (Phi) is 24.9. The third-order valence-electron chi connectivity index (χ3n) is 15.5. The van der Waals surface area contributed by atoms with Gasteiger partial charge < -0.3 is 85.3 Å². The van der Waals surface area contributed by atoms with E-state index in [2.05, 4.69) is 31.6 Å². The standard InChI is InChI=1S/C64H76N12O17S/c1-5-41-35-76(59(83)48-37-74-36-44(17-20-52(74)70-48)69-57(81)42-13-18-45(78)19-14-42)49-32-50(46-9-6-8-39(2)55(46)56(41)49)93-64(88)73(24-27-89-29-26-77)23-22-72(3)63(87)92-38-40-11-15-43(16-12-40)68-58(82)47(10-7-21-66-61(65)85)71-53(79)34-67-62(86)91-31-30-90-28-25-75-54(80)33-51(94-4)60(75)84/h6,8-9,11-20,32,36-37,41,47,51,77-78H,5,7,10,21-31,33-35,38H2,1-4H3,(H,67,86)(H,68,82)(H,69,81)(H,71,79)(H3,65,66,85)/t41-,47+,51?/m1/s1. The van der Waals surface area contributed by atoms with Crippen molar-refractivity contribution >= 4 is 105 Å². The van der Waals surface area contributed by atoms with Crippen LogP contribution in [0.1, 0.15) is 76.1 Å². The summed E-state index contributed by atoms with van der Waals surface area (Å²) in [5, 5.41) is 33.0. The van der Waals surface area contributed by atoms with Crippen molar-refractivity contribution in [3.05, 3.63) is 125 Å². The molecule has 500 valence electrons. The Labute approximate surface area is 544 Å². The molecule has 2 aliphatic heterocycles. The van der Waals surface area contributed by atoms with Crippen molar-refractivity contribution in [2.45, 2.75) is 63.3 Å². The molecule has 29 nitrogen and oxygen atoms in total. The molecule has 1 fully saturated rings. The van der Waals surface area contributed by atoms with E-state index < -0.39 is 65.8 Å². The van der Waals surface area contributed by atoms with E-state index in [0.717, 1.165) is 21.4 Å². The zero-order valence-corrected chi connectivity index (χ0v) is 53.2. The molecule has 1 saturated heterocycles. The van der Waals surface area contributed by atoms with E-state index in [-0.39, 0.29) is 133 Å². The number of ether oxygens (including phenoxy) is 5. The lowest BCUT2D eigenvalue weighted by Gasteiger charge is -2.26. The summed E-state index contributed by atoms with van der Waals surface area (Å²) in [6.45, 7) is 3.28. The summed E-state index contributed by atoms with van der Waals surface area (Å²) in [6, 6.07) is 20.9. The van der Waals surface area contributed by atoms with Gasteiger partial charge in [0.2, 0.25) is 23.6 Å². The number of likely N-dealkylation sites (tertiary alicyclic amines) is 1. The topological polar surface area (TPSA) is 374 Å². The van der Waals surface area contributed by atoms with Gasteiger partial charge in [-0.05, 0) is 103 Å². The minimum Gasteiger partial charge on any atom is -0.508 e. The van der Waals surface area contributed by atoms with Crippen molar-refractivity contribution in [2.75, 3.05) is 114 Å². The van der Waals surface area contributed by atoms with Crippen molar-refractivity contribution in [3.8, 4) is 11.5 Å². The lowest BCUT2D eigenvalue weighted by Crippen LogP contribution is -2.47. The largest absolute Gasteiger partial charge is 0.508 e. The molecule has 3 atom stereocenters. The lowest BCUT2D eigenvalue weighted by atomic mass is 9.90. The number of alkyl carbamates (subject to hydrolysis) is 1. The zero-order chi connectivity index (χ0) is 67.4. The number of thioether (sulfide) groups is 1. The van der Waals surface area contributed by atoms with E-state index in [4.69, 9.17) is 29.4 Å². The number of urea groups is 1. The molecular weight excluding hydrogens is 1240 g/mol. The molecular formula is C64H76N12O17S. The van der Waals surface area contributed by atoms with Crippen LogP contribution in [0, 0.1) is 6.92 Å². The van der Waals surface area contributed by atoms with E-state index in [1.807, 2.05) is 32.0 Å². The number of fused-ring (bicyclic) bond motifs is 4. The number of amides is 11. The minimum absolute atomic E-state index is 0.00782. The number of likely N-dealkylation sites (N-methyl/N-ethyl adjacent to an activating group) is 1. The molecule has 9 N–H and O–H groups in total. The third kappa shape index (κ3) is 18.6. The summed E-state index contributed by atoms with van der Waals surface area (Å²) in [4.78, 5) is 140. The van der Waals surface area contributed by atoms with E-state index in [9.17, 15) is 58.2 Å². The van der Waals surface area contributed by atoms with Crippen LogP contribution in [0.5, 0.6) is 11.5 Å². The van der Waals surface area contributed by atoms with Gasteiger partial charge in [0, 0.05) is 87.2 Å². The highest BCUT2D eigenvalue weighted by Crippen LogP contribution is 2.48.